The monoisotopic (exact) mass is 517 g/mol. The van der Waals surface area contributed by atoms with Crippen molar-refractivity contribution in [2.75, 3.05) is 45.1 Å². The summed E-state index contributed by atoms with van der Waals surface area (Å²) in [6.07, 6.45) is -1.20. The number of amides is 3. The number of benzene rings is 2. The molecule has 2 aromatic rings. The first kappa shape index (κ1) is 28.4. The van der Waals surface area contributed by atoms with Crippen LogP contribution in [0.25, 0.3) is 0 Å². The van der Waals surface area contributed by atoms with Crippen LogP contribution >= 0.6 is 0 Å². The number of anilines is 1. The highest BCUT2D eigenvalue weighted by atomic mass is 16.5. The topological polar surface area (TPSA) is 134 Å². The SMILES string of the molecule is CC(O)C(NC(=O)c1ccc(C#CC#Cc2ccc(NC(=O)CN3CCN(C)CC3)cc2)cc1)C(=O)NO. The highest BCUT2D eigenvalue weighted by molar-refractivity contribution is 5.97. The fraction of sp³-hybridized carbons (Fsp3) is 0.321. The number of likely N-dealkylation sites (N-methyl/N-ethyl adjacent to an activating group) is 1. The molecule has 3 amide bonds. The Bertz CT molecular complexity index is 1250. The van der Waals surface area contributed by atoms with E-state index < -0.39 is 24.0 Å². The van der Waals surface area contributed by atoms with Gasteiger partial charge in [-0.15, -0.1) is 0 Å². The summed E-state index contributed by atoms with van der Waals surface area (Å²) in [4.78, 5) is 40.6. The Labute approximate surface area is 222 Å². The highest BCUT2D eigenvalue weighted by Crippen LogP contribution is 2.09. The highest BCUT2D eigenvalue weighted by Gasteiger charge is 2.25. The first-order valence-electron chi connectivity index (χ1n) is 12.1. The maximum absolute atomic E-state index is 12.3. The molecule has 198 valence electrons. The van der Waals surface area contributed by atoms with Gasteiger partial charge in [0.1, 0.15) is 6.04 Å². The van der Waals surface area contributed by atoms with Crippen LogP contribution in [0.4, 0.5) is 5.69 Å². The molecule has 2 aromatic carbocycles. The first-order valence-corrected chi connectivity index (χ1v) is 12.1. The van der Waals surface area contributed by atoms with Gasteiger partial charge in [0.05, 0.1) is 12.6 Å². The van der Waals surface area contributed by atoms with Gasteiger partial charge in [-0.2, -0.15) is 0 Å². The van der Waals surface area contributed by atoms with Crippen LogP contribution in [-0.2, 0) is 9.59 Å². The van der Waals surface area contributed by atoms with Crippen molar-refractivity contribution in [3.8, 4) is 23.7 Å². The summed E-state index contributed by atoms with van der Waals surface area (Å²) in [6, 6.07) is 12.2. The van der Waals surface area contributed by atoms with Gasteiger partial charge in [-0.25, -0.2) is 5.48 Å². The predicted octanol–water partition coefficient (Wildman–Crippen LogP) is 0.260. The van der Waals surface area contributed by atoms with E-state index in [1.807, 2.05) is 12.1 Å². The first-order chi connectivity index (χ1) is 18.2. The van der Waals surface area contributed by atoms with Crippen molar-refractivity contribution in [2.45, 2.75) is 19.1 Å². The normalized spacial score (nSPS) is 15.1. The number of carbonyl (C=O) groups excluding carboxylic acids is 3. The Morgan fingerprint density at radius 1 is 0.921 bits per heavy atom. The van der Waals surface area contributed by atoms with Crippen LogP contribution < -0.4 is 16.1 Å². The van der Waals surface area contributed by atoms with E-state index >= 15 is 0 Å². The molecule has 1 aliphatic rings. The summed E-state index contributed by atoms with van der Waals surface area (Å²) in [5.74, 6) is 9.83. The van der Waals surface area contributed by atoms with Crippen molar-refractivity contribution in [3.05, 3.63) is 65.2 Å². The second kappa shape index (κ2) is 13.9. The lowest BCUT2D eigenvalue weighted by Gasteiger charge is -2.31. The molecule has 1 heterocycles. The predicted molar refractivity (Wildman–Crippen MR) is 142 cm³/mol. The molecule has 10 heteroatoms. The third-order valence-electron chi connectivity index (χ3n) is 5.92. The number of hydroxylamine groups is 1. The Balaban J connectivity index is 1.50. The number of nitrogens with zero attached hydrogens (tertiary/aromatic N) is 2. The molecule has 2 unspecified atom stereocenters. The van der Waals surface area contributed by atoms with Crippen LogP contribution in [0.1, 0.15) is 28.4 Å². The van der Waals surface area contributed by atoms with Crippen LogP contribution in [0.15, 0.2) is 48.5 Å². The number of nitrogens with one attached hydrogen (secondary N) is 3. The number of aliphatic hydroxyl groups excluding tert-OH is 1. The van der Waals surface area contributed by atoms with Gasteiger partial charge in [-0.1, -0.05) is 11.8 Å². The summed E-state index contributed by atoms with van der Waals surface area (Å²) in [7, 11) is 2.08. The zero-order valence-corrected chi connectivity index (χ0v) is 21.3. The maximum Gasteiger partial charge on any atom is 0.268 e. The van der Waals surface area contributed by atoms with E-state index in [1.165, 1.54) is 24.5 Å². The molecule has 0 spiro atoms. The van der Waals surface area contributed by atoms with Gasteiger partial charge in [0.25, 0.3) is 11.8 Å². The smallest absolute Gasteiger partial charge is 0.268 e. The molecule has 0 aliphatic carbocycles. The van der Waals surface area contributed by atoms with Crippen molar-refractivity contribution < 1.29 is 24.7 Å². The van der Waals surface area contributed by atoms with Crippen molar-refractivity contribution >= 4 is 23.4 Å². The lowest BCUT2D eigenvalue weighted by Crippen LogP contribution is -2.51. The third-order valence-corrected chi connectivity index (χ3v) is 5.92. The fourth-order valence-corrected chi connectivity index (χ4v) is 3.66. The summed E-state index contributed by atoms with van der Waals surface area (Å²) in [5.41, 5.74) is 3.77. The molecule has 0 bridgehead atoms. The van der Waals surface area contributed by atoms with E-state index in [0.717, 1.165) is 31.7 Å². The van der Waals surface area contributed by atoms with Crippen molar-refractivity contribution in [1.82, 2.24) is 20.6 Å². The third kappa shape index (κ3) is 8.73. The van der Waals surface area contributed by atoms with E-state index in [9.17, 15) is 19.5 Å². The summed E-state index contributed by atoms with van der Waals surface area (Å²) >= 11 is 0. The van der Waals surface area contributed by atoms with Gasteiger partial charge in [0, 0.05) is 48.6 Å². The number of hydrogen-bond donors (Lipinski definition) is 5. The fourth-order valence-electron chi connectivity index (χ4n) is 3.66. The summed E-state index contributed by atoms with van der Waals surface area (Å²) in [6.45, 7) is 5.39. The quantitative estimate of drug-likeness (QED) is 0.202. The molecule has 10 nitrogen and oxygen atoms in total. The van der Waals surface area contributed by atoms with Gasteiger partial charge < -0.3 is 20.6 Å². The molecule has 1 saturated heterocycles. The molecule has 0 aromatic heterocycles. The van der Waals surface area contributed by atoms with Crippen molar-refractivity contribution in [2.24, 2.45) is 0 Å². The molecule has 0 radical (unpaired) electrons. The second-order valence-electron chi connectivity index (χ2n) is 8.95. The lowest BCUT2D eigenvalue weighted by molar-refractivity contribution is -0.133. The molecule has 5 N–H and O–H groups in total. The number of piperazine rings is 1. The van der Waals surface area contributed by atoms with E-state index in [-0.39, 0.29) is 11.5 Å². The molecule has 3 rings (SSSR count). The van der Waals surface area contributed by atoms with Crippen molar-refractivity contribution in [3.63, 3.8) is 0 Å². The van der Waals surface area contributed by atoms with E-state index in [0.29, 0.717) is 17.8 Å². The Morgan fingerprint density at radius 2 is 1.47 bits per heavy atom. The number of hydrogen-bond acceptors (Lipinski definition) is 7. The minimum atomic E-state index is -1.30. The molecular weight excluding hydrogens is 486 g/mol. The molecule has 1 fully saturated rings. The van der Waals surface area contributed by atoms with Crippen LogP contribution in [0, 0.1) is 23.7 Å². The van der Waals surface area contributed by atoms with Gasteiger partial charge in [0.15, 0.2) is 0 Å². The Morgan fingerprint density at radius 3 is 2.00 bits per heavy atom. The van der Waals surface area contributed by atoms with Gasteiger partial charge in [-0.05, 0) is 74.3 Å². The van der Waals surface area contributed by atoms with Crippen LogP contribution in [-0.4, -0.2) is 89.8 Å². The van der Waals surface area contributed by atoms with Crippen LogP contribution in [0.2, 0.25) is 0 Å². The zero-order chi connectivity index (χ0) is 27.5. The molecule has 1 aliphatic heterocycles. The summed E-state index contributed by atoms with van der Waals surface area (Å²) < 4.78 is 0. The minimum Gasteiger partial charge on any atom is -0.391 e. The average Bonchev–Trinajstić information content (AvgIpc) is 2.91. The van der Waals surface area contributed by atoms with E-state index in [4.69, 9.17) is 5.21 Å². The van der Waals surface area contributed by atoms with Crippen molar-refractivity contribution in [1.29, 1.82) is 0 Å². The van der Waals surface area contributed by atoms with Crippen LogP contribution in [0.3, 0.4) is 0 Å². The molecule has 38 heavy (non-hydrogen) atoms. The average molecular weight is 518 g/mol. The minimum absolute atomic E-state index is 0.0406. The van der Waals surface area contributed by atoms with E-state index in [1.54, 1.807) is 24.3 Å². The van der Waals surface area contributed by atoms with E-state index in [2.05, 4.69) is 51.2 Å². The van der Waals surface area contributed by atoms with Gasteiger partial charge in [0.2, 0.25) is 5.91 Å². The second-order valence-corrected chi connectivity index (χ2v) is 8.95. The lowest BCUT2D eigenvalue weighted by atomic mass is 10.1. The molecule has 0 saturated carbocycles. The number of carbonyl (C=O) groups is 3. The number of aliphatic hydroxyl groups is 1. The summed E-state index contributed by atoms with van der Waals surface area (Å²) in [5, 5.41) is 23.6. The molecular formula is C28H31N5O5. The van der Waals surface area contributed by atoms with Crippen LogP contribution in [0.5, 0.6) is 0 Å². The Kier molecular flexibility index (Phi) is 10.4. The Hall–Kier alpha value is -4.19. The van der Waals surface area contributed by atoms with Gasteiger partial charge in [-0.3, -0.25) is 24.5 Å². The standard InChI is InChI=1S/C28H31N5O5/c1-20(34)26(28(37)31-38)30-27(36)23-11-7-21(8-12-23)5-3-4-6-22-9-13-24(14-10-22)29-25(35)19-33-17-15-32(2)16-18-33/h7-14,20,26,34,38H,15-19H2,1-2H3,(H,29,35)(H,30,36)(H,31,37). The number of rotatable bonds is 7. The largest absolute Gasteiger partial charge is 0.391 e. The maximum atomic E-state index is 12.3. The molecule has 2 atom stereocenters. The zero-order valence-electron chi connectivity index (χ0n) is 21.3. The van der Waals surface area contributed by atoms with Gasteiger partial charge >= 0.3 is 0 Å².